The number of hydrogen-bond acceptors (Lipinski definition) is 6. The highest BCUT2D eigenvalue weighted by molar-refractivity contribution is 7.92. The first-order chi connectivity index (χ1) is 18.7. The molecule has 3 aromatic carbocycles. The number of ether oxygens (including phenoxy) is 2. The summed E-state index contributed by atoms with van der Waals surface area (Å²) in [5.74, 6) is -0.0737. The highest BCUT2D eigenvalue weighted by Crippen LogP contribution is 2.42. The Bertz CT molecular complexity index is 1510. The van der Waals surface area contributed by atoms with Crippen LogP contribution in [0.1, 0.15) is 36.0 Å². The molecule has 0 unspecified atom stereocenters. The third-order valence-electron chi connectivity index (χ3n) is 6.72. The van der Waals surface area contributed by atoms with Gasteiger partial charge in [0, 0.05) is 17.2 Å². The smallest absolute Gasteiger partial charge is 0.261 e. The summed E-state index contributed by atoms with van der Waals surface area (Å²) in [6.07, 6.45) is 0.205. The van der Waals surface area contributed by atoms with E-state index in [1.54, 1.807) is 53.4 Å². The van der Waals surface area contributed by atoms with Gasteiger partial charge in [-0.25, -0.2) is 13.4 Å². The molecule has 39 heavy (non-hydrogen) atoms. The van der Waals surface area contributed by atoms with Gasteiger partial charge in [-0.3, -0.25) is 4.72 Å². The summed E-state index contributed by atoms with van der Waals surface area (Å²) in [7, 11) is -3.72. The van der Waals surface area contributed by atoms with Gasteiger partial charge in [0.25, 0.3) is 10.0 Å². The fourth-order valence-electron chi connectivity index (χ4n) is 4.51. The van der Waals surface area contributed by atoms with Gasteiger partial charge in [-0.1, -0.05) is 84.7 Å². The number of anilines is 1. The van der Waals surface area contributed by atoms with E-state index in [4.69, 9.17) is 32.7 Å². The zero-order chi connectivity index (χ0) is 27.6. The van der Waals surface area contributed by atoms with E-state index in [0.717, 1.165) is 16.7 Å². The molecule has 11 heteroatoms. The molecule has 1 aliphatic rings. The van der Waals surface area contributed by atoms with Gasteiger partial charge < -0.3 is 19.1 Å². The number of sulfonamides is 1. The second-order valence-corrected chi connectivity index (χ2v) is 11.7. The van der Waals surface area contributed by atoms with Crippen LogP contribution in [0.2, 0.25) is 10.3 Å². The normalized spacial score (nSPS) is 21.5. The molecule has 0 amide bonds. The van der Waals surface area contributed by atoms with Crippen LogP contribution in [-0.2, 0) is 32.6 Å². The van der Waals surface area contributed by atoms with Crippen molar-refractivity contribution in [2.75, 3.05) is 4.72 Å². The number of rotatable bonds is 8. The molecule has 1 aromatic heterocycles. The molecule has 4 aromatic rings. The van der Waals surface area contributed by atoms with Crippen molar-refractivity contribution in [3.8, 4) is 0 Å². The van der Waals surface area contributed by atoms with Gasteiger partial charge in [0.05, 0.1) is 36.6 Å². The van der Waals surface area contributed by atoms with Crippen LogP contribution >= 0.6 is 23.2 Å². The molecule has 8 nitrogen and oxygen atoms in total. The van der Waals surface area contributed by atoms with Crippen molar-refractivity contribution in [3.05, 3.63) is 112 Å². The molecule has 204 valence electrons. The number of hydrogen-bond donors (Lipinski definition) is 2. The summed E-state index contributed by atoms with van der Waals surface area (Å²) in [5, 5.41) is 10.00. The van der Waals surface area contributed by atoms with Crippen LogP contribution in [0.5, 0.6) is 0 Å². The van der Waals surface area contributed by atoms with Crippen molar-refractivity contribution in [1.29, 1.82) is 0 Å². The van der Waals surface area contributed by atoms with Crippen molar-refractivity contribution in [3.63, 3.8) is 0 Å². The van der Waals surface area contributed by atoms with Crippen LogP contribution in [0.3, 0.4) is 0 Å². The number of imidazole rings is 1. The van der Waals surface area contributed by atoms with E-state index in [-0.39, 0.29) is 34.8 Å². The summed E-state index contributed by atoms with van der Waals surface area (Å²) in [6, 6.07) is 22.7. The molecule has 2 N–H and O–H groups in total. The molecule has 5 rings (SSSR count). The van der Waals surface area contributed by atoms with Gasteiger partial charge in [-0.05, 0) is 35.4 Å². The molecule has 0 aliphatic carbocycles. The van der Waals surface area contributed by atoms with Crippen LogP contribution in [-0.4, -0.2) is 29.2 Å². The Morgan fingerprint density at radius 1 is 0.949 bits per heavy atom. The van der Waals surface area contributed by atoms with E-state index in [0.29, 0.717) is 17.4 Å². The van der Waals surface area contributed by atoms with Crippen molar-refractivity contribution in [1.82, 2.24) is 9.55 Å². The third-order valence-corrected chi connectivity index (χ3v) is 8.89. The number of halogens is 2. The van der Waals surface area contributed by atoms with Crippen molar-refractivity contribution in [2.45, 2.75) is 43.5 Å². The molecular formula is C28H27Cl2N3O5S. The second-order valence-electron chi connectivity index (χ2n) is 9.34. The zero-order valence-corrected chi connectivity index (χ0v) is 23.3. The lowest BCUT2D eigenvalue weighted by molar-refractivity contribution is -0.276. The number of benzene rings is 3. The Labute approximate surface area is 237 Å². The summed E-state index contributed by atoms with van der Waals surface area (Å²) in [5.41, 5.74) is 2.89. The van der Waals surface area contributed by atoms with E-state index in [1.807, 2.05) is 31.2 Å². The molecule has 1 aliphatic heterocycles. The number of nitrogens with zero attached hydrogens (tertiary/aromatic N) is 2. The summed E-state index contributed by atoms with van der Waals surface area (Å²) < 4.78 is 42.6. The van der Waals surface area contributed by atoms with Gasteiger partial charge in [-0.15, -0.1) is 0 Å². The molecule has 2 heterocycles. The molecule has 1 saturated heterocycles. The maximum absolute atomic E-state index is 12.7. The Hall–Kier alpha value is -2.92. The van der Waals surface area contributed by atoms with Crippen molar-refractivity contribution < 1.29 is 23.0 Å². The van der Waals surface area contributed by atoms with Crippen molar-refractivity contribution >= 4 is 38.9 Å². The zero-order valence-electron chi connectivity index (χ0n) is 20.9. The van der Waals surface area contributed by atoms with E-state index in [1.165, 1.54) is 12.1 Å². The maximum Gasteiger partial charge on any atom is 0.261 e. The quantitative estimate of drug-likeness (QED) is 0.263. The summed E-state index contributed by atoms with van der Waals surface area (Å²) in [4.78, 5) is 4.25. The lowest BCUT2D eigenvalue weighted by Gasteiger charge is -2.41. The number of aliphatic hydroxyl groups excluding tert-OH is 1. The molecular weight excluding hydrogens is 561 g/mol. The molecule has 1 fully saturated rings. The van der Waals surface area contributed by atoms with Crippen LogP contribution in [0.25, 0.3) is 0 Å². The second kappa shape index (κ2) is 11.7. The van der Waals surface area contributed by atoms with Gasteiger partial charge in [0.2, 0.25) is 0 Å². The average Bonchev–Trinajstić information content (AvgIpc) is 3.27. The van der Waals surface area contributed by atoms with E-state index in [9.17, 15) is 13.5 Å². The van der Waals surface area contributed by atoms with Crippen molar-refractivity contribution in [2.24, 2.45) is 5.92 Å². The molecule has 4 atom stereocenters. The Kier molecular flexibility index (Phi) is 8.27. The van der Waals surface area contributed by atoms with Gasteiger partial charge in [0.1, 0.15) is 5.15 Å². The third kappa shape index (κ3) is 6.14. The van der Waals surface area contributed by atoms with Crippen LogP contribution in [0.15, 0.2) is 90.1 Å². The maximum atomic E-state index is 12.7. The number of nitrogens with one attached hydrogen (secondary N) is 1. The Morgan fingerprint density at radius 3 is 2.23 bits per heavy atom. The molecule has 0 spiro atoms. The fraction of sp³-hybridized carbons (Fsp3) is 0.250. The standard InChI is InChI=1S/C28H27Cl2N3O5S/c1-18-24(15-33-17-31-26(29)27(33)30)37-28(38-25(18)20-9-7-19(16-34)8-10-20)21-11-13-22(14-12-21)32-39(35,36)23-5-3-2-4-6-23/h2-14,17-18,24-25,28,32,34H,15-16H2,1H3/t18-,24+,25+,28+/m1/s1. The molecule has 0 saturated carbocycles. The monoisotopic (exact) mass is 587 g/mol. The molecule has 0 bridgehead atoms. The minimum Gasteiger partial charge on any atom is -0.392 e. The predicted molar refractivity (Wildman–Crippen MR) is 149 cm³/mol. The lowest BCUT2D eigenvalue weighted by Crippen LogP contribution is -2.39. The van der Waals surface area contributed by atoms with Crippen LogP contribution in [0.4, 0.5) is 5.69 Å². The lowest BCUT2D eigenvalue weighted by atomic mass is 9.90. The van der Waals surface area contributed by atoms with Crippen LogP contribution in [0, 0.1) is 5.92 Å². The Balaban J connectivity index is 1.40. The van der Waals surface area contributed by atoms with Gasteiger partial charge in [-0.2, -0.15) is 0 Å². The first-order valence-electron chi connectivity index (χ1n) is 12.3. The predicted octanol–water partition coefficient (Wildman–Crippen LogP) is 5.97. The van der Waals surface area contributed by atoms with E-state index in [2.05, 4.69) is 9.71 Å². The topological polar surface area (TPSA) is 103 Å². The average molecular weight is 589 g/mol. The Morgan fingerprint density at radius 2 is 1.62 bits per heavy atom. The largest absolute Gasteiger partial charge is 0.392 e. The van der Waals surface area contributed by atoms with Gasteiger partial charge >= 0.3 is 0 Å². The minimum atomic E-state index is -3.72. The number of aromatic nitrogens is 2. The van der Waals surface area contributed by atoms with E-state index < -0.39 is 16.3 Å². The summed E-state index contributed by atoms with van der Waals surface area (Å²) >= 11 is 12.4. The van der Waals surface area contributed by atoms with Gasteiger partial charge in [0.15, 0.2) is 11.4 Å². The van der Waals surface area contributed by atoms with Crippen LogP contribution < -0.4 is 4.72 Å². The highest BCUT2D eigenvalue weighted by Gasteiger charge is 2.39. The fourth-order valence-corrected chi connectivity index (χ4v) is 5.91. The van der Waals surface area contributed by atoms with E-state index >= 15 is 0 Å². The molecule has 0 radical (unpaired) electrons. The highest BCUT2D eigenvalue weighted by atomic mass is 35.5. The minimum absolute atomic E-state index is 0.0457. The first kappa shape index (κ1) is 27.6. The number of aliphatic hydroxyl groups is 1. The summed E-state index contributed by atoms with van der Waals surface area (Å²) in [6.45, 7) is 2.40. The SMILES string of the molecule is C[C@@H]1[C@H](Cn2cnc(Cl)c2Cl)O[C@H](c2ccc(NS(=O)(=O)c3ccccc3)cc2)O[C@@H]1c1ccc(CO)cc1. The first-order valence-corrected chi connectivity index (χ1v) is 14.5.